The van der Waals surface area contributed by atoms with Crippen molar-refractivity contribution in [1.29, 1.82) is 0 Å². The molecule has 142 valence electrons. The first kappa shape index (κ1) is 21.6. The molecular formula is C20H35N3O2. The van der Waals surface area contributed by atoms with Crippen molar-refractivity contribution in [3.63, 3.8) is 0 Å². The van der Waals surface area contributed by atoms with Gasteiger partial charge in [0.1, 0.15) is 19.3 Å². The van der Waals surface area contributed by atoms with Crippen LogP contribution in [0.3, 0.4) is 0 Å². The average Bonchev–Trinajstić information content (AvgIpc) is 2.94. The van der Waals surface area contributed by atoms with Gasteiger partial charge in [0.25, 0.3) is 0 Å². The Morgan fingerprint density at radius 2 is 1.80 bits per heavy atom. The molecule has 0 radical (unpaired) electrons. The zero-order chi connectivity index (χ0) is 18.4. The van der Waals surface area contributed by atoms with E-state index in [9.17, 15) is 9.90 Å². The second kappa shape index (κ2) is 12.8. The summed E-state index contributed by atoms with van der Waals surface area (Å²) in [5.41, 5.74) is 5.65. The summed E-state index contributed by atoms with van der Waals surface area (Å²) in [7, 11) is 0. The molecule has 5 heteroatoms. The van der Waals surface area contributed by atoms with Gasteiger partial charge in [-0.15, -0.1) is 0 Å². The van der Waals surface area contributed by atoms with Crippen LogP contribution in [-0.2, 0) is 4.79 Å². The molecule has 0 spiro atoms. The Bertz CT molecular complexity index is 472. The first-order valence-corrected chi connectivity index (χ1v) is 9.84. The number of allylic oxidation sites excluding steroid dienone is 1. The Kier molecular flexibility index (Phi) is 11.1. The fraction of sp³-hybridized carbons (Fsp3) is 0.700. The Labute approximate surface area is 152 Å². The third-order valence-corrected chi connectivity index (χ3v) is 4.70. The van der Waals surface area contributed by atoms with Gasteiger partial charge in [-0.2, -0.15) is 4.99 Å². The van der Waals surface area contributed by atoms with E-state index in [0.29, 0.717) is 13.1 Å². The summed E-state index contributed by atoms with van der Waals surface area (Å²) < 4.78 is 0.160. The van der Waals surface area contributed by atoms with Gasteiger partial charge in [0, 0.05) is 12.6 Å². The number of carbonyl (C=O) groups is 1. The minimum absolute atomic E-state index is 0.116. The number of quaternary nitrogens is 1. The van der Waals surface area contributed by atoms with Crippen LogP contribution in [0.2, 0.25) is 0 Å². The van der Waals surface area contributed by atoms with Crippen LogP contribution in [0.15, 0.2) is 29.5 Å². The topological polar surface area (TPSA) is 78.5 Å². The number of carboxylic acids is 1. The highest BCUT2D eigenvalue weighted by Crippen LogP contribution is 2.18. The molecule has 0 fully saturated rings. The number of amidine groups is 1. The Morgan fingerprint density at radius 3 is 2.40 bits per heavy atom. The molecule has 0 aromatic carbocycles. The molecule has 0 aliphatic carbocycles. The van der Waals surface area contributed by atoms with Crippen LogP contribution >= 0.6 is 0 Å². The van der Waals surface area contributed by atoms with E-state index in [2.05, 4.69) is 18.0 Å². The van der Waals surface area contributed by atoms with Crippen LogP contribution in [0, 0.1) is 0 Å². The van der Waals surface area contributed by atoms with Crippen molar-refractivity contribution in [1.82, 2.24) is 0 Å². The van der Waals surface area contributed by atoms with Crippen molar-refractivity contribution < 1.29 is 14.4 Å². The third-order valence-electron chi connectivity index (χ3n) is 4.70. The molecule has 1 unspecified atom stereocenters. The third kappa shape index (κ3) is 8.45. The predicted molar refractivity (Wildman–Crippen MR) is 102 cm³/mol. The van der Waals surface area contributed by atoms with Gasteiger partial charge in [0.15, 0.2) is 0 Å². The van der Waals surface area contributed by atoms with Crippen molar-refractivity contribution >= 4 is 11.8 Å². The number of hydrogen-bond donors (Lipinski definition) is 1. The number of aliphatic carboxylic acids is 1. The van der Waals surface area contributed by atoms with Crippen molar-refractivity contribution in [3.8, 4) is 0 Å². The van der Waals surface area contributed by atoms with Crippen molar-refractivity contribution in [2.75, 3.05) is 19.6 Å². The number of unbranched alkanes of at least 4 members (excludes halogenated alkanes) is 9. The van der Waals surface area contributed by atoms with Crippen LogP contribution < -0.4 is 10.8 Å². The highest BCUT2D eigenvalue weighted by atomic mass is 16.4. The van der Waals surface area contributed by atoms with E-state index >= 15 is 0 Å². The molecule has 1 aliphatic rings. The minimum Gasteiger partial charge on any atom is -0.544 e. The molecule has 1 atom stereocenters. The quantitative estimate of drug-likeness (QED) is 0.365. The molecule has 0 saturated carbocycles. The van der Waals surface area contributed by atoms with Gasteiger partial charge in [0.05, 0.1) is 12.2 Å². The van der Waals surface area contributed by atoms with Gasteiger partial charge in [-0.25, -0.2) is 4.48 Å². The van der Waals surface area contributed by atoms with Gasteiger partial charge in [-0.3, -0.25) is 0 Å². The molecule has 0 saturated heterocycles. The van der Waals surface area contributed by atoms with Crippen LogP contribution in [0.1, 0.15) is 71.1 Å². The van der Waals surface area contributed by atoms with E-state index in [1.165, 1.54) is 57.8 Å². The number of nitrogens with zero attached hydrogens (tertiary/aromatic N) is 2. The number of aliphatic imine (C=N–C) groups is 1. The summed E-state index contributed by atoms with van der Waals surface area (Å²) in [4.78, 5) is 15.4. The van der Waals surface area contributed by atoms with E-state index in [1.807, 2.05) is 6.08 Å². The molecule has 1 rings (SSSR count). The molecular weight excluding hydrogens is 314 g/mol. The van der Waals surface area contributed by atoms with E-state index in [4.69, 9.17) is 5.73 Å². The monoisotopic (exact) mass is 349 g/mol. The van der Waals surface area contributed by atoms with Gasteiger partial charge >= 0.3 is 0 Å². The number of carboxylic acid groups (broad SMARTS) is 1. The second-order valence-electron chi connectivity index (χ2n) is 6.88. The second-order valence-corrected chi connectivity index (χ2v) is 6.88. The lowest BCUT2D eigenvalue weighted by molar-refractivity contribution is -0.778. The molecule has 0 amide bonds. The maximum atomic E-state index is 11.1. The SMILES string of the molecule is CCCCCCCCCCC/C=C/C1=NC=C[N+]1(CCN)CC(=O)[O-]. The Hall–Kier alpha value is -1.46. The zero-order valence-electron chi connectivity index (χ0n) is 15.8. The van der Waals surface area contributed by atoms with E-state index in [-0.39, 0.29) is 11.0 Å². The van der Waals surface area contributed by atoms with E-state index < -0.39 is 5.97 Å². The fourth-order valence-electron chi connectivity index (χ4n) is 3.24. The Morgan fingerprint density at radius 1 is 1.16 bits per heavy atom. The summed E-state index contributed by atoms with van der Waals surface area (Å²) in [6.07, 6.45) is 20.4. The molecule has 1 heterocycles. The fourth-order valence-corrected chi connectivity index (χ4v) is 3.24. The summed E-state index contributed by atoms with van der Waals surface area (Å²) >= 11 is 0. The summed E-state index contributed by atoms with van der Waals surface area (Å²) in [6.45, 7) is 3.06. The summed E-state index contributed by atoms with van der Waals surface area (Å²) in [5, 5.41) is 11.1. The maximum absolute atomic E-state index is 11.1. The molecule has 0 bridgehead atoms. The summed E-state index contributed by atoms with van der Waals surface area (Å²) in [6, 6.07) is 0. The number of rotatable bonds is 15. The standard InChI is InChI=1S/C20H35N3O2/c1-2-3-4-5-6-7-8-9-10-11-12-13-19-22-15-17-23(19,16-14-21)18-20(24)25/h12-13,15,17H,2-11,14,16,18,21H2,1H3/b13-12+. The molecule has 2 N–H and O–H groups in total. The van der Waals surface area contributed by atoms with Gasteiger partial charge in [-0.1, -0.05) is 64.4 Å². The molecule has 1 aliphatic heterocycles. The lowest BCUT2D eigenvalue weighted by atomic mass is 10.1. The average molecular weight is 350 g/mol. The first-order chi connectivity index (χ1) is 12.1. The van der Waals surface area contributed by atoms with Crippen molar-refractivity contribution in [2.24, 2.45) is 10.7 Å². The number of nitrogens with two attached hydrogens (primary N) is 1. The zero-order valence-corrected chi connectivity index (χ0v) is 15.8. The molecule has 25 heavy (non-hydrogen) atoms. The smallest absolute Gasteiger partial charge is 0.232 e. The molecule has 5 nitrogen and oxygen atoms in total. The first-order valence-electron chi connectivity index (χ1n) is 9.84. The molecule has 0 aromatic heterocycles. The highest BCUT2D eigenvalue weighted by molar-refractivity contribution is 5.90. The summed E-state index contributed by atoms with van der Waals surface area (Å²) in [5.74, 6) is -0.342. The Balaban J connectivity index is 2.23. The number of hydrogen-bond acceptors (Lipinski definition) is 4. The van der Waals surface area contributed by atoms with Crippen molar-refractivity contribution in [2.45, 2.75) is 71.1 Å². The molecule has 0 aromatic rings. The number of carbonyl (C=O) groups excluding carboxylic acids is 1. The van der Waals surface area contributed by atoms with Gasteiger partial charge in [-0.05, 0) is 12.8 Å². The lowest BCUT2D eigenvalue weighted by Gasteiger charge is -2.31. The van der Waals surface area contributed by atoms with Crippen LogP contribution in [0.5, 0.6) is 0 Å². The normalized spacial score (nSPS) is 19.7. The lowest BCUT2D eigenvalue weighted by Crippen LogP contribution is -2.54. The van der Waals surface area contributed by atoms with E-state index in [1.54, 1.807) is 12.4 Å². The van der Waals surface area contributed by atoms with Crippen LogP contribution in [0.4, 0.5) is 0 Å². The maximum Gasteiger partial charge on any atom is 0.232 e. The largest absolute Gasteiger partial charge is 0.544 e. The minimum atomic E-state index is -1.08. The van der Waals surface area contributed by atoms with E-state index in [0.717, 1.165) is 12.3 Å². The van der Waals surface area contributed by atoms with Crippen molar-refractivity contribution in [3.05, 3.63) is 24.6 Å². The van der Waals surface area contributed by atoms with Crippen LogP contribution in [-0.4, -0.2) is 35.9 Å². The van der Waals surface area contributed by atoms with Gasteiger partial charge < -0.3 is 15.6 Å². The highest BCUT2D eigenvalue weighted by Gasteiger charge is 2.33. The van der Waals surface area contributed by atoms with Gasteiger partial charge in [0.2, 0.25) is 5.84 Å². The predicted octanol–water partition coefficient (Wildman–Crippen LogP) is 2.87. The van der Waals surface area contributed by atoms with Crippen LogP contribution in [0.25, 0.3) is 0 Å².